The van der Waals surface area contributed by atoms with Crippen LogP contribution in [-0.2, 0) is 39.5 Å². The average Bonchev–Trinajstić information content (AvgIpc) is 3.02. The third-order valence-electron chi connectivity index (χ3n) is 9.36. The van der Waals surface area contributed by atoms with Gasteiger partial charge in [0.05, 0.1) is 44.2 Å². The second-order valence-electron chi connectivity index (χ2n) is 12.8. The van der Waals surface area contributed by atoms with Crippen molar-refractivity contribution in [1.82, 2.24) is 0 Å². The standard InChI is InChI=1S/C37H42O6P2/c1-25-17-27(3)35(31-13-9-7-10-14-31)29(5)33(25)19-44(38)40-21-37(22-41-44)23-42-45(39,43-24-37)20-34-26(2)18-28(4)36(30(34)6)32-15-11-8-12-16-32/h7-18H,19-24H2,1-6H3. The lowest BCUT2D eigenvalue weighted by Gasteiger charge is -2.43. The Labute approximate surface area is 267 Å². The topological polar surface area (TPSA) is 71.1 Å². The molecule has 0 amide bonds. The van der Waals surface area contributed by atoms with Gasteiger partial charge in [-0.15, -0.1) is 0 Å². The highest BCUT2D eigenvalue weighted by Gasteiger charge is 2.49. The Morgan fingerprint density at radius 2 is 0.867 bits per heavy atom. The molecule has 236 valence electrons. The van der Waals surface area contributed by atoms with Gasteiger partial charge in [0.25, 0.3) is 0 Å². The lowest BCUT2D eigenvalue weighted by molar-refractivity contribution is -0.0690. The smallest absolute Gasteiger partial charge is 0.307 e. The van der Waals surface area contributed by atoms with E-state index in [0.29, 0.717) is 0 Å². The Morgan fingerprint density at radius 3 is 1.20 bits per heavy atom. The van der Waals surface area contributed by atoms with E-state index in [1.807, 2.05) is 50.2 Å². The SMILES string of the molecule is Cc1cc(C)c(-c2ccccc2)c(C)c1CP1(=O)OCC2(CO1)COP(=O)(Cc1c(C)cc(C)c(-c3ccccc3)c1C)OC2. The summed E-state index contributed by atoms with van der Waals surface area (Å²) in [6.07, 6.45) is 0.383. The van der Waals surface area contributed by atoms with Gasteiger partial charge in [0, 0.05) is 0 Å². The summed E-state index contributed by atoms with van der Waals surface area (Å²) in [7, 11) is -6.86. The Hall–Kier alpha value is -2.82. The lowest BCUT2D eigenvalue weighted by atomic mass is 9.90. The first kappa shape index (κ1) is 32.1. The fraction of sp³-hybridized carbons (Fsp3) is 0.351. The molecule has 2 aliphatic heterocycles. The highest BCUT2D eigenvalue weighted by atomic mass is 31.2. The monoisotopic (exact) mass is 644 g/mol. The molecule has 0 aromatic heterocycles. The fourth-order valence-corrected chi connectivity index (χ4v) is 11.0. The third-order valence-corrected chi connectivity index (χ3v) is 12.9. The van der Waals surface area contributed by atoms with E-state index in [4.69, 9.17) is 18.1 Å². The molecule has 0 N–H and O–H groups in total. The van der Waals surface area contributed by atoms with Crippen LogP contribution in [0.25, 0.3) is 22.3 Å². The summed E-state index contributed by atoms with van der Waals surface area (Å²) in [4.78, 5) is 0. The second kappa shape index (κ2) is 12.4. The van der Waals surface area contributed by atoms with E-state index < -0.39 is 20.6 Å². The first-order valence-corrected chi connectivity index (χ1v) is 18.9. The van der Waals surface area contributed by atoms with Gasteiger partial charge in [-0.3, -0.25) is 9.13 Å². The molecule has 1 spiro atoms. The van der Waals surface area contributed by atoms with E-state index in [1.165, 1.54) is 11.1 Å². The molecular weight excluding hydrogens is 602 g/mol. The van der Waals surface area contributed by atoms with Crippen molar-refractivity contribution < 1.29 is 27.2 Å². The first-order chi connectivity index (χ1) is 21.4. The summed E-state index contributed by atoms with van der Waals surface area (Å²) in [5.74, 6) is 0. The fourth-order valence-electron chi connectivity index (χ4n) is 6.87. The first-order valence-electron chi connectivity index (χ1n) is 15.5. The number of rotatable bonds is 6. The van der Waals surface area contributed by atoms with Crippen molar-refractivity contribution in [3.63, 3.8) is 0 Å². The molecule has 0 aliphatic carbocycles. The summed E-state index contributed by atoms with van der Waals surface area (Å²) in [6.45, 7) is 13.1. The molecule has 6 nitrogen and oxygen atoms in total. The van der Waals surface area contributed by atoms with Gasteiger partial charge in [-0.05, 0) is 108 Å². The predicted molar refractivity (Wildman–Crippen MR) is 181 cm³/mol. The van der Waals surface area contributed by atoms with Crippen LogP contribution in [0, 0.1) is 47.0 Å². The minimum atomic E-state index is -3.43. The van der Waals surface area contributed by atoms with Gasteiger partial charge in [0.15, 0.2) is 0 Å². The van der Waals surface area contributed by atoms with Crippen molar-refractivity contribution in [3.8, 4) is 22.3 Å². The average molecular weight is 645 g/mol. The Kier molecular flexibility index (Phi) is 8.86. The molecule has 2 aliphatic rings. The van der Waals surface area contributed by atoms with Crippen LogP contribution in [0.5, 0.6) is 0 Å². The van der Waals surface area contributed by atoms with Crippen molar-refractivity contribution in [1.29, 1.82) is 0 Å². The minimum Gasteiger partial charge on any atom is -0.307 e. The van der Waals surface area contributed by atoms with Crippen LogP contribution in [0.2, 0.25) is 0 Å². The maximum absolute atomic E-state index is 13.9. The van der Waals surface area contributed by atoms with Crippen molar-refractivity contribution in [2.24, 2.45) is 5.41 Å². The van der Waals surface area contributed by atoms with Crippen molar-refractivity contribution in [2.45, 2.75) is 53.9 Å². The van der Waals surface area contributed by atoms with E-state index in [1.54, 1.807) is 0 Å². The van der Waals surface area contributed by atoms with Crippen LogP contribution in [-0.4, -0.2) is 26.4 Å². The van der Waals surface area contributed by atoms with E-state index in [-0.39, 0.29) is 38.8 Å². The van der Waals surface area contributed by atoms with E-state index >= 15 is 0 Å². The van der Waals surface area contributed by atoms with E-state index in [9.17, 15) is 9.13 Å². The van der Waals surface area contributed by atoms with Crippen LogP contribution < -0.4 is 0 Å². The normalized spacial score (nSPS) is 25.0. The largest absolute Gasteiger partial charge is 0.335 e. The highest BCUT2D eigenvalue weighted by Crippen LogP contribution is 2.62. The summed E-state index contributed by atoms with van der Waals surface area (Å²) < 4.78 is 51.9. The molecule has 0 radical (unpaired) electrons. The van der Waals surface area contributed by atoms with Crippen LogP contribution in [0.4, 0.5) is 0 Å². The summed E-state index contributed by atoms with van der Waals surface area (Å²) in [6, 6.07) is 24.8. The Morgan fingerprint density at radius 1 is 0.533 bits per heavy atom. The molecule has 4 aromatic rings. The molecule has 0 atom stereocenters. The number of hydrogen-bond donors (Lipinski definition) is 0. The van der Waals surface area contributed by atoms with Crippen molar-refractivity contribution in [2.75, 3.05) is 26.4 Å². The lowest BCUT2D eigenvalue weighted by Crippen LogP contribution is -2.45. The Bertz CT molecular complexity index is 1670. The van der Waals surface area contributed by atoms with Gasteiger partial charge in [-0.25, -0.2) is 0 Å². The van der Waals surface area contributed by atoms with Gasteiger partial charge in [-0.2, -0.15) is 0 Å². The number of benzene rings is 4. The molecule has 0 unspecified atom stereocenters. The maximum atomic E-state index is 13.9. The molecule has 2 heterocycles. The molecular formula is C37H42O6P2. The van der Waals surface area contributed by atoms with Gasteiger partial charge in [-0.1, -0.05) is 72.8 Å². The zero-order chi connectivity index (χ0) is 32.0. The molecule has 2 fully saturated rings. The van der Waals surface area contributed by atoms with Crippen molar-refractivity contribution >= 4 is 15.2 Å². The molecule has 4 aromatic carbocycles. The molecule has 0 saturated carbocycles. The minimum absolute atomic E-state index is 0.153. The third kappa shape index (κ3) is 6.43. The Balaban J connectivity index is 1.15. The zero-order valence-electron chi connectivity index (χ0n) is 27.0. The molecule has 8 heteroatoms. The predicted octanol–water partition coefficient (Wildman–Crippen LogP) is 10.0. The van der Waals surface area contributed by atoms with E-state index in [0.717, 1.165) is 55.6 Å². The second-order valence-corrected chi connectivity index (χ2v) is 17.0. The van der Waals surface area contributed by atoms with Crippen LogP contribution in [0.3, 0.4) is 0 Å². The zero-order valence-corrected chi connectivity index (χ0v) is 28.8. The van der Waals surface area contributed by atoms with Gasteiger partial charge in [0.2, 0.25) is 0 Å². The van der Waals surface area contributed by atoms with Gasteiger partial charge in [0.1, 0.15) is 0 Å². The van der Waals surface area contributed by atoms with Gasteiger partial charge < -0.3 is 18.1 Å². The van der Waals surface area contributed by atoms with Gasteiger partial charge >= 0.3 is 15.2 Å². The quantitative estimate of drug-likeness (QED) is 0.195. The van der Waals surface area contributed by atoms with Crippen LogP contribution in [0.15, 0.2) is 72.8 Å². The van der Waals surface area contributed by atoms with Crippen LogP contribution >= 0.6 is 15.2 Å². The maximum Gasteiger partial charge on any atom is 0.335 e. The van der Waals surface area contributed by atoms with Crippen LogP contribution in [0.1, 0.15) is 44.5 Å². The van der Waals surface area contributed by atoms with E-state index in [2.05, 4.69) is 64.1 Å². The number of hydrogen-bond acceptors (Lipinski definition) is 6. The number of aryl methyl sites for hydroxylation is 4. The summed E-state index contributed by atoms with van der Waals surface area (Å²) in [5.41, 5.74) is 12.5. The molecule has 45 heavy (non-hydrogen) atoms. The molecule has 2 saturated heterocycles. The summed E-state index contributed by atoms with van der Waals surface area (Å²) in [5, 5.41) is 0. The molecule has 6 rings (SSSR count). The summed E-state index contributed by atoms with van der Waals surface area (Å²) >= 11 is 0. The van der Waals surface area contributed by atoms with Crippen molar-refractivity contribution in [3.05, 3.63) is 117 Å². The molecule has 0 bridgehead atoms. The highest BCUT2D eigenvalue weighted by molar-refractivity contribution is 7.53.